The average Bonchev–Trinajstić information content (AvgIpc) is 2.87. The lowest BCUT2D eigenvalue weighted by atomic mass is 10.1. The van der Waals surface area contributed by atoms with Crippen LogP contribution >= 0.6 is 15.9 Å². The zero-order valence-electron chi connectivity index (χ0n) is 13.9. The molecule has 0 aliphatic rings. The van der Waals surface area contributed by atoms with Gasteiger partial charge < -0.3 is 18.8 Å². The van der Waals surface area contributed by atoms with Crippen LogP contribution in [0.1, 0.15) is 30.0 Å². The number of furan rings is 1. The summed E-state index contributed by atoms with van der Waals surface area (Å²) in [5, 5.41) is 0.869. The molecular formula is C17H22BrNO4. The lowest BCUT2D eigenvalue weighted by Gasteiger charge is -2.17. The number of nitrogens with zero attached hydrogens (tertiary/aromatic N) is 1. The van der Waals surface area contributed by atoms with Gasteiger partial charge in [-0.05, 0) is 42.0 Å². The highest BCUT2D eigenvalue weighted by molar-refractivity contribution is 9.10. The SMILES string of the molecule is CCN(CC)CCOC(=O)c1oc2cc(OC)c(Br)cc2c1C. The molecule has 2 aromatic rings. The van der Waals surface area contributed by atoms with Crippen molar-refractivity contribution in [2.45, 2.75) is 20.8 Å². The molecule has 1 aromatic carbocycles. The van der Waals surface area contributed by atoms with Crippen molar-refractivity contribution in [3.63, 3.8) is 0 Å². The summed E-state index contributed by atoms with van der Waals surface area (Å²) in [6, 6.07) is 3.65. The van der Waals surface area contributed by atoms with Crippen LogP contribution in [0.15, 0.2) is 21.0 Å². The third-order valence-corrected chi connectivity index (χ3v) is 4.55. The zero-order valence-corrected chi connectivity index (χ0v) is 15.5. The van der Waals surface area contributed by atoms with Crippen molar-refractivity contribution in [1.82, 2.24) is 4.90 Å². The summed E-state index contributed by atoms with van der Waals surface area (Å²) in [5.74, 6) is 0.480. The minimum absolute atomic E-state index is 0.250. The van der Waals surface area contributed by atoms with E-state index in [1.54, 1.807) is 13.2 Å². The minimum Gasteiger partial charge on any atom is -0.495 e. The van der Waals surface area contributed by atoms with Crippen LogP contribution in [0.4, 0.5) is 0 Å². The third kappa shape index (κ3) is 3.87. The molecule has 0 spiro atoms. The summed E-state index contributed by atoms with van der Waals surface area (Å²) < 4.78 is 17.1. The molecule has 1 heterocycles. The number of benzene rings is 1. The van der Waals surface area contributed by atoms with Gasteiger partial charge in [0.25, 0.3) is 0 Å². The maximum Gasteiger partial charge on any atom is 0.374 e. The van der Waals surface area contributed by atoms with Crippen molar-refractivity contribution in [1.29, 1.82) is 0 Å². The van der Waals surface area contributed by atoms with E-state index in [1.165, 1.54) is 0 Å². The van der Waals surface area contributed by atoms with E-state index in [1.807, 2.05) is 13.0 Å². The van der Waals surface area contributed by atoms with Gasteiger partial charge in [-0.3, -0.25) is 0 Å². The van der Waals surface area contributed by atoms with Crippen LogP contribution in [0.3, 0.4) is 0 Å². The number of likely N-dealkylation sites (N-methyl/N-ethyl adjacent to an activating group) is 1. The monoisotopic (exact) mass is 383 g/mol. The Kier molecular flexibility index (Phi) is 6.07. The third-order valence-electron chi connectivity index (χ3n) is 3.93. The van der Waals surface area contributed by atoms with Crippen LogP contribution in [0.2, 0.25) is 0 Å². The molecular weight excluding hydrogens is 362 g/mol. The number of carbonyl (C=O) groups excluding carboxylic acids is 1. The van der Waals surface area contributed by atoms with E-state index in [9.17, 15) is 4.79 Å². The molecule has 1 aromatic heterocycles. The number of hydrogen-bond donors (Lipinski definition) is 0. The van der Waals surface area contributed by atoms with E-state index in [0.717, 1.165) is 35.1 Å². The number of ether oxygens (including phenoxy) is 2. The molecule has 2 rings (SSSR count). The molecule has 0 unspecified atom stereocenters. The lowest BCUT2D eigenvalue weighted by Crippen LogP contribution is -2.27. The van der Waals surface area contributed by atoms with Crippen LogP contribution in [0.5, 0.6) is 5.75 Å². The molecule has 0 aliphatic carbocycles. The number of halogens is 1. The zero-order chi connectivity index (χ0) is 17.0. The summed E-state index contributed by atoms with van der Waals surface area (Å²) in [6.45, 7) is 8.96. The van der Waals surface area contributed by atoms with Crippen LogP contribution in [0.25, 0.3) is 11.0 Å². The largest absolute Gasteiger partial charge is 0.495 e. The Morgan fingerprint density at radius 2 is 2.00 bits per heavy atom. The predicted octanol–water partition coefficient (Wildman–Crippen LogP) is 4.01. The molecule has 6 heteroatoms. The highest BCUT2D eigenvalue weighted by atomic mass is 79.9. The van der Waals surface area contributed by atoms with Gasteiger partial charge >= 0.3 is 5.97 Å². The average molecular weight is 384 g/mol. The smallest absolute Gasteiger partial charge is 0.374 e. The first kappa shape index (κ1) is 17.8. The van der Waals surface area contributed by atoms with E-state index in [-0.39, 0.29) is 5.76 Å². The van der Waals surface area contributed by atoms with Gasteiger partial charge in [0, 0.05) is 23.6 Å². The van der Waals surface area contributed by atoms with E-state index >= 15 is 0 Å². The standard InChI is InChI=1S/C17H22BrNO4/c1-5-19(6-2)7-8-22-17(20)16-11(3)12-9-13(18)15(21-4)10-14(12)23-16/h9-10H,5-8H2,1-4H3. The molecule has 0 amide bonds. The van der Waals surface area contributed by atoms with Gasteiger partial charge in [0.2, 0.25) is 5.76 Å². The maximum absolute atomic E-state index is 12.3. The van der Waals surface area contributed by atoms with Gasteiger partial charge in [-0.15, -0.1) is 0 Å². The number of carbonyl (C=O) groups is 1. The van der Waals surface area contributed by atoms with Crippen LogP contribution in [-0.2, 0) is 4.74 Å². The second-order valence-corrected chi connectivity index (χ2v) is 6.06. The predicted molar refractivity (Wildman–Crippen MR) is 93.3 cm³/mol. The number of methoxy groups -OCH3 is 1. The summed E-state index contributed by atoms with van der Waals surface area (Å²) in [7, 11) is 1.59. The fraction of sp³-hybridized carbons (Fsp3) is 0.471. The summed E-state index contributed by atoms with van der Waals surface area (Å²) in [5.41, 5.74) is 1.38. The molecule has 0 saturated heterocycles. The van der Waals surface area contributed by atoms with Crippen molar-refractivity contribution in [3.8, 4) is 5.75 Å². The van der Waals surface area contributed by atoms with Gasteiger partial charge in [-0.1, -0.05) is 13.8 Å². The number of hydrogen-bond acceptors (Lipinski definition) is 5. The maximum atomic E-state index is 12.3. The number of aryl methyl sites for hydroxylation is 1. The van der Waals surface area contributed by atoms with E-state index in [2.05, 4.69) is 34.7 Å². The summed E-state index contributed by atoms with van der Waals surface area (Å²) in [4.78, 5) is 14.5. The first-order valence-corrected chi connectivity index (χ1v) is 8.47. The van der Waals surface area contributed by atoms with Gasteiger partial charge in [-0.2, -0.15) is 0 Å². The molecule has 0 N–H and O–H groups in total. The fourth-order valence-corrected chi connectivity index (χ4v) is 2.95. The van der Waals surface area contributed by atoms with Gasteiger partial charge in [-0.25, -0.2) is 4.79 Å². The first-order chi connectivity index (χ1) is 11.0. The Bertz CT molecular complexity index is 691. The molecule has 0 saturated carbocycles. The topological polar surface area (TPSA) is 51.9 Å². The van der Waals surface area contributed by atoms with E-state index in [4.69, 9.17) is 13.9 Å². The van der Waals surface area contributed by atoms with Crippen molar-refractivity contribution in [2.24, 2.45) is 0 Å². The number of rotatable bonds is 7. The van der Waals surface area contributed by atoms with Crippen molar-refractivity contribution >= 4 is 32.9 Å². The van der Waals surface area contributed by atoms with E-state index < -0.39 is 5.97 Å². The van der Waals surface area contributed by atoms with Gasteiger partial charge in [0.05, 0.1) is 11.6 Å². The minimum atomic E-state index is -0.430. The quantitative estimate of drug-likeness (QED) is 0.676. The van der Waals surface area contributed by atoms with Crippen LogP contribution < -0.4 is 4.74 Å². The van der Waals surface area contributed by atoms with Crippen LogP contribution in [0, 0.1) is 6.92 Å². The van der Waals surface area contributed by atoms with E-state index in [0.29, 0.717) is 17.9 Å². The number of fused-ring (bicyclic) bond motifs is 1. The molecule has 5 nitrogen and oxygen atoms in total. The molecule has 0 atom stereocenters. The summed E-state index contributed by atoms with van der Waals surface area (Å²) >= 11 is 3.44. The van der Waals surface area contributed by atoms with Crippen molar-refractivity contribution < 1.29 is 18.7 Å². The normalized spacial score (nSPS) is 11.2. The van der Waals surface area contributed by atoms with Crippen molar-refractivity contribution in [2.75, 3.05) is 33.4 Å². The molecule has 23 heavy (non-hydrogen) atoms. The Morgan fingerprint density at radius 3 is 2.61 bits per heavy atom. The molecule has 126 valence electrons. The Hall–Kier alpha value is -1.53. The molecule has 0 aliphatic heterocycles. The van der Waals surface area contributed by atoms with Gasteiger partial charge in [0.1, 0.15) is 17.9 Å². The second-order valence-electron chi connectivity index (χ2n) is 5.20. The van der Waals surface area contributed by atoms with Gasteiger partial charge in [0.15, 0.2) is 0 Å². The molecule has 0 fully saturated rings. The summed E-state index contributed by atoms with van der Waals surface area (Å²) in [6.07, 6.45) is 0. The Morgan fingerprint density at radius 1 is 1.30 bits per heavy atom. The lowest BCUT2D eigenvalue weighted by molar-refractivity contribution is 0.0432. The van der Waals surface area contributed by atoms with Crippen LogP contribution in [-0.4, -0.2) is 44.2 Å². The van der Waals surface area contributed by atoms with Crippen molar-refractivity contribution in [3.05, 3.63) is 27.9 Å². The Balaban J connectivity index is 2.16. The molecule has 0 radical (unpaired) electrons. The number of esters is 1. The first-order valence-electron chi connectivity index (χ1n) is 7.67. The highest BCUT2D eigenvalue weighted by Crippen LogP contribution is 2.34. The fourth-order valence-electron chi connectivity index (χ4n) is 2.45. The molecule has 0 bridgehead atoms. The second kappa shape index (κ2) is 7.84. The Labute approximate surface area is 144 Å². The highest BCUT2D eigenvalue weighted by Gasteiger charge is 2.20.